The van der Waals surface area contributed by atoms with Gasteiger partial charge in [-0.1, -0.05) is 6.07 Å². The van der Waals surface area contributed by atoms with Crippen molar-refractivity contribution in [3.05, 3.63) is 40.7 Å². The molecule has 2 heterocycles. The molecule has 4 nitrogen and oxygen atoms in total. The van der Waals surface area contributed by atoms with E-state index in [2.05, 4.69) is 4.98 Å². The van der Waals surface area contributed by atoms with Gasteiger partial charge in [0.25, 0.3) is 0 Å². The first kappa shape index (κ1) is 9.42. The van der Waals surface area contributed by atoms with Crippen LogP contribution < -0.4 is 10.3 Å². The number of aromatic amines is 1. The quantitative estimate of drug-likeness (QED) is 0.788. The second-order valence-corrected chi connectivity index (χ2v) is 3.81. The average Bonchev–Trinajstić information content (AvgIpc) is 3.09. The minimum Gasteiger partial charge on any atom is -0.490 e. The zero-order chi connectivity index (χ0) is 11.0. The monoisotopic (exact) mass is 217 g/mol. The highest BCUT2D eigenvalue weighted by Crippen LogP contribution is 2.24. The van der Waals surface area contributed by atoms with E-state index in [1.54, 1.807) is 6.07 Å². The summed E-state index contributed by atoms with van der Waals surface area (Å²) in [5, 5.41) is 0.919. The Labute approximate surface area is 91.8 Å². The van der Waals surface area contributed by atoms with Crippen LogP contribution in [-0.2, 0) is 4.74 Å². The molecule has 4 heteroatoms. The highest BCUT2D eigenvalue weighted by Gasteiger charge is 2.23. The largest absolute Gasteiger partial charge is 0.490 e. The maximum atomic E-state index is 11.2. The van der Waals surface area contributed by atoms with Crippen LogP contribution in [0.15, 0.2) is 35.1 Å². The third-order valence-electron chi connectivity index (χ3n) is 2.55. The number of benzene rings is 1. The lowest BCUT2D eigenvalue weighted by atomic mass is 10.2. The van der Waals surface area contributed by atoms with Gasteiger partial charge in [-0.05, 0) is 18.2 Å². The molecule has 1 aromatic heterocycles. The van der Waals surface area contributed by atoms with Gasteiger partial charge < -0.3 is 14.5 Å². The van der Waals surface area contributed by atoms with Crippen molar-refractivity contribution in [3.8, 4) is 5.75 Å². The minimum atomic E-state index is -0.102. The molecule has 1 aliphatic rings. The highest BCUT2D eigenvalue weighted by atomic mass is 16.6. The van der Waals surface area contributed by atoms with Gasteiger partial charge >= 0.3 is 0 Å². The molecule has 1 unspecified atom stereocenters. The van der Waals surface area contributed by atoms with Crippen LogP contribution in [0.5, 0.6) is 5.75 Å². The van der Waals surface area contributed by atoms with Gasteiger partial charge in [0.15, 0.2) is 0 Å². The summed E-state index contributed by atoms with van der Waals surface area (Å²) in [6.45, 7) is 1.35. The SMILES string of the molecule is O=c1ccc2c(OCC3CO3)cccc2[nH]1. The van der Waals surface area contributed by atoms with Gasteiger partial charge in [0.2, 0.25) is 5.56 Å². The van der Waals surface area contributed by atoms with E-state index in [-0.39, 0.29) is 11.7 Å². The molecule has 0 saturated carbocycles. The molecule has 0 aliphatic carbocycles. The normalized spacial score (nSPS) is 18.6. The molecule has 0 bridgehead atoms. The fraction of sp³-hybridized carbons (Fsp3) is 0.250. The Bertz CT molecular complexity index is 572. The molecule has 16 heavy (non-hydrogen) atoms. The van der Waals surface area contributed by atoms with Crippen molar-refractivity contribution in [2.45, 2.75) is 6.10 Å². The Kier molecular flexibility index (Phi) is 2.15. The van der Waals surface area contributed by atoms with Crippen molar-refractivity contribution in [1.82, 2.24) is 4.98 Å². The summed E-state index contributed by atoms with van der Waals surface area (Å²) in [4.78, 5) is 13.9. The summed E-state index contributed by atoms with van der Waals surface area (Å²) in [6, 6.07) is 8.89. The van der Waals surface area contributed by atoms with Gasteiger partial charge in [-0.25, -0.2) is 0 Å². The summed E-state index contributed by atoms with van der Waals surface area (Å²) in [6.07, 6.45) is 0.234. The van der Waals surface area contributed by atoms with Crippen LogP contribution in [0.1, 0.15) is 0 Å². The zero-order valence-corrected chi connectivity index (χ0v) is 8.60. The molecule has 1 aromatic carbocycles. The van der Waals surface area contributed by atoms with E-state index >= 15 is 0 Å². The van der Waals surface area contributed by atoms with E-state index in [1.165, 1.54) is 6.07 Å². The van der Waals surface area contributed by atoms with Gasteiger partial charge in [0.1, 0.15) is 18.5 Å². The molecule has 3 rings (SSSR count). The topological polar surface area (TPSA) is 54.6 Å². The molecular formula is C12H11NO3. The number of hydrogen-bond acceptors (Lipinski definition) is 3. The van der Waals surface area contributed by atoms with Crippen molar-refractivity contribution in [2.75, 3.05) is 13.2 Å². The Hall–Kier alpha value is -1.81. The smallest absolute Gasteiger partial charge is 0.248 e. The van der Waals surface area contributed by atoms with Crippen molar-refractivity contribution >= 4 is 10.9 Å². The van der Waals surface area contributed by atoms with E-state index in [4.69, 9.17) is 9.47 Å². The van der Waals surface area contributed by atoms with Crippen molar-refractivity contribution in [1.29, 1.82) is 0 Å². The molecule has 1 saturated heterocycles. The fourth-order valence-electron chi connectivity index (χ4n) is 1.63. The second-order valence-electron chi connectivity index (χ2n) is 3.81. The summed E-state index contributed by atoms with van der Waals surface area (Å²) >= 11 is 0. The lowest BCUT2D eigenvalue weighted by Gasteiger charge is -2.07. The van der Waals surface area contributed by atoms with Crippen LogP contribution in [0, 0.1) is 0 Å². The van der Waals surface area contributed by atoms with Crippen LogP contribution in [0.4, 0.5) is 0 Å². The first-order valence-electron chi connectivity index (χ1n) is 5.19. The van der Waals surface area contributed by atoms with Crippen molar-refractivity contribution in [3.63, 3.8) is 0 Å². The summed E-state index contributed by atoms with van der Waals surface area (Å²) in [7, 11) is 0. The Morgan fingerprint density at radius 2 is 2.25 bits per heavy atom. The third-order valence-corrected chi connectivity index (χ3v) is 2.55. The molecule has 1 aliphatic heterocycles. The number of ether oxygens (including phenoxy) is 2. The Morgan fingerprint density at radius 1 is 1.38 bits per heavy atom. The standard InChI is InChI=1S/C12H11NO3/c14-12-5-4-9-10(13-12)2-1-3-11(9)16-7-8-6-15-8/h1-5,8H,6-7H2,(H,13,14). The Balaban J connectivity index is 1.98. The summed E-state index contributed by atoms with van der Waals surface area (Å²) in [5.74, 6) is 0.782. The van der Waals surface area contributed by atoms with Gasteiger partial charge in [-0.3, -0.25) is 4.79 Å². The molecule has 0 radical (unpaired) electrons. The van der Waals surface area contributed by atoms with Crippen molar-refractivity contribution < 1.29 is 9.47 Å². The molecule has 82 valence electrons. The molecule has 1 atom stereocenters. The number of hydrogen-bond donors (Lipinski definition) is 1. The fourth-order valence-corrected chi connectivity index (χ4v) is 1.63. The molecule has 1 N–H and O–H groups in total. The summed E-state index contributed by atoms with van der Waals surface area (Å²) < 4.78 is 10.7. The van der Waals surface area contributed by atoms with Gasteiger partial charge in [-0.15, -0.1) is 0 Å². The molecule has 0 spiro atoms. The van der Waals surface area contributed by atoms with Crippen LogP contribution in [0.25, 0.3) is 10.9 Å². The predicted molar refractivity (Wildman–Crippen MR) is 59.8 cm³/mol. The van der Waals surface area contributed by atoms with Crippen LogP contribution >= 0.6 is 0 Å². The number of aromatic nitrogens is 1. The number of H-pyrrole nitrogens is 1. The van der Waals surface area contributed by atoms with E-state index < -0.39 is 0 Å². The van der Waals surface area contributed by atoms with E-state index in [1.807, 2.05) is 18.2 Å². The first-order chi connectivity index (χ1) is 7.83. The number of rotatable bonds is 3. The molecule has 2 aromatic rings. The van der Waals surface area contributed by atoms with Gasteiger partial charge in [-0.2, -0.15) is 0 Å². The lowest BCUT2D eigenvalue weighted by Crippen LogP contribution is -2.06. The summed E-state index contributed by atoms with van der Waals surface area (Å²) in [5.41, 5.74) is 0.692. The first-order valence-corrected chi connectivity index (χ1v) is 5.19. The van der Waals surface area contributed by atoms with Crippen LogP contribution in [0.2, 0.25) is 0 Å². The van der Waals surface area contributed by atoms with E-state index in [9.17, 15) is 4.79 Å². The maximum Gasteiger partial charge on any atom is 0.248 e. The molecule has 0 amide bonds. The lowest BCUT2D eigenvalue weighted by molar-refractivity contribution is 0.265. The molecular weight excluding hydrogens is 206 g/mol. The highest BCUT2D eigenvalue weighted by molar-refractivity contribution is 5.84. The second kappa shape index (κ2) is 3.64. The number of epoxide rings is 1. The van der Waals surface area contributed by atoms with E-state index in [0.29, 0.717) is 6.61 Å². The van der Waals surface area contributed by atoms with Crippen LogP contribution in [-0.4, -0.2) is 24.3 Å². The maximum absolute atomic E-state index is 11.2. The van der Waals surface area contributed by atoms with Gasteiger partial charge in [0, 0.05) is 11.5 Å². The number of pyridine rings is 1. The predicted octanol–water partition coefficient (Wildman–Crippen LogP) is 1.31. The number of fused-ring (bicyclic) bond motifs is 1. The van der Waals surface area contributed by atoms with Crippen LogP contribution in [0.3, 0.4) is 0 Å². The van der Waals surface area contributed by atoms with Gasteiger partial charge in [0.05, 0.1) is 12.1 Å². The van der Waals surface area contributed by atoms with E-state index in [0.717, 1.165) is 23.3 Å². The Morgan fingerprint density at radius 3 is 3.06 bits per heavy atom. The molecule has 1 fully saturated rings. The third kappa shape index (κ3) is 1.79. The zero-order valence-electron chi connectivity index (χ0n) is 8.60. The van der Waals surface area contributed by atoms with Crippen molar-refractivity contribution in [2.24, 2.45) is 0 Å². The average molecular weight is 217 g/mol. The number of nitrogens with one attached hydrogen (secondary N) is 1. The minimum absolute atomic E-state index is 0.102.